The highest BCUT2D eigenvalue weighted by atomic mass is 19.4. The van der Waals surface area contributed by atoms with E-state index < -0.39 is 53.0 Å². The summed E-state index contributed by atoms with van der Waals surface area (Å²) >= 11 is 0. The zero-order valence-electron chi connectivity index (χ0n) is 21.3. The second-order valence-corrected chi connectivity index (χ2v) is 9.33. The topological polar surface area (TPSA) is 72.9 Å². The van der Waals surface area contributed by atoms with Crippen LogP contribution in [-0.2, 0) is 14.3 Å². The minimum absolute atomic E-state index is 0.106. The third-order valence-corrected chi connectivity index (χ3v) is 6.91. The van der Waals surface area contributed by atoms with E-state index in [1.165, 1.54) is 26.3 Å². The average molecular weight is 532 g/mol. The Balaban J connectivity index is 2.03. The lowest BCUT2D eigenvalue weighted by molar-refractivity contribution is -0.272. The highest BCUT2D eigenvalue weighted by Gasteiger charge is 2.65. The monoisotopic (exact) mass is 531 g/mol. The number of likely N-dealkylation sites (N-methyl/N-ethyl adjacent to an activating group) is 1. The van der Waals surface area contributed by atoms with Gasteiger partial charge in [0.25, 0.3) is 5.91 Å². The number of rotatable bonds is 8. The fourth-order valence-electron chi connectivity index (χ4n) is 4.62. The molecule has 1 aliphatic heterocycles. The Bertz CT molecular complexity index is 1130. The average Bonchev–Trinajstić information content (AvgIpc) is 3.11. The second kappa shape index (κ2) is 10.9. The number of methoxy groups -OCH3 is 2. The van der Waals surface area contributed by atoms with E-state index in [0.29, 0.717) is 12.3 Å². The van der Waals surface area contributed by atoms with Crippen LogP contribution in [-0.4, -0.2) is 68.6 Å². The fourth-order valence-corrected chi connectivity index (χ4v) is 4.62. The molecule has 1 aliphatic rings. The lowest BCUT2D eigenvalue weighted by atomic mass is 9.77. The Labute approximate surface area is 211 Å². The van der Waals surface area contributed by atoms with Gasteiger partial charge in [0.2, 0.25) is 5.82 Å². The van der Waals surface area contributed by atoms with Crippen molar-refractivity contribution in [2.75, 3.05) is 40.2 Å². The molecule has 0 bridgehead atoms. The first-order valence-corrected chi connectivity index (χ1v) is 11.4. The van der Waals surface area contributed by atoms with Gasteiger partial charge in [-0.1, -0.05) is 13.0 Å². The summed E-state index contributed by atoms with van der Waals surface area (Å²) in [5.41, 5.74) is -2.02. The van der Waals surface area contributed by atoms with Crippen LogP contribution in [0.1, 0.15) is 37.1 Å². The largest absolute Gasteiger partial charge is 0.493 e. The summed E-state index contributed by atoms with van der Waals surface area (Å²) in [6.07, 6.45) is -5.10. The van der Waals surface area contributed by atoms with Crippen molar-refractivity contribution in [3.8, 4) is 5.75 Å². The molecule has 5 atom stereocenters. The predicted octanol–water partition coefficient (Wildman–Crippen LogP) is 4.70. The lowest BCUT2D eigenvalue weighted by Crippen LogP contribution is -2.47. The number of amides is 1. The Morgan fingerprint density at radius 2 is 1.92 bits per heavy atom. The van der Waals surface area contributed by atoms with E-state index in [9.17, 15) is 26.7 Å². The van der Waals surface area contributed by atoms with Gasteiger partial charge in [0, 0.05) is 36.4 Å². The van der Waals surface area contributed by atoms with Crippen molar-refractivity contribution in [2.24, 2.45) is 5.92 Å². The number of aromatic nitrogens is 1. The SMILES string of the molecule is COC[C@@H](c1cc(NC(=O)[C@@H]2O[C@@](C)(C(F)(F)F)[C@@H](C)[C@H]2c2ccc(F)c(F)c2OC)ccn1)N(C)C. The maximum absolute atomic E-state index is 14.5. The van der Waals surface area contributed by atoms with Crippen LogP contribution in [0.4, 0.5) is 27.6 Å². The van der Waals surface area contributed by atoms with Crippen molar-refractivity contribution < 1.29 is 41.0 Å². The summed E-state index contributed by atoms with van der Waals surface area (Å²) in [4.78, 5) is 19.6. The summed E-state index contributed by atoms with van der Waals surface area (Å²) in [5.74, 6) is -6.72. The number of nitrogens with one attached hydrogen (secondary N) is 1. The second-order valence-electron chi connectivity index (χ2n) is 9.33. The summed E-state index contributed by atoms with van der Waals surface area (Å²) in [5, 5.41) is 2.59. The highest BCUT2D eigenvalue weighted by molar-refractivity contribution is 5.95. The first-order valence-electron chi connectivity index (χ1n) is 11.4. The number of benzene rings is 1. The summed E-state index contributed by atoms with van der Waals surface area (Å²) in [6, 6.07) is 4.70. The molecule has 0 saturated carbocycles. The quantitative estimate of drug-likeness (QED) is 0.498. The Morgan fingerprint density at radius 1 is 1.24 bits per heavy atom. The summed E-state index contributed by atoms with van der Waals surface area (Å²) < 4.78 is 86.3. The first-order chi connectivity index (χ1) is 17.3. The van der Waals surface area contributed by atoms with Gasteiger partial charge >= 0.3 is 6.18 Å². The van der Waals surface area contributed by atoms with Crippen molar-refractivity contribution in [2.45, 2.75) is 43.7 Å². The molecule has 3 rings (SSSR count). The molecule has 2 aromatic rings. The van der Waals surface area contributed by atoms with Gasteiger partial charge in [0.1, 0.15) is 6.10 Å². The van der Waals surface area contributed by atoms with Gasteiger partial charge in [-0.3, -0.25) is 14.7 Å². The summed E-state index contributed by atoms with van der Waals surface area (Å²) in [6.45, 7) is 2.40. The molecular weight excluding hydrogens is 501 g/mol. The molecule has 2 heterocycles. The molecule has 1 aromatic heterocycles. The molecule has 1 aromatic carbocycles. The third-order valence-electron chi connectivity index (χ3n) is 6.91. The minimum Gasteiger partial charge on any atom is -0.493 e. The molecule has 7 nitrogen and oxygen atoms in total. The Morgan fingerprint density at radius 3 is 2.49 bits per heavy atom. The van der Waals surface area contributed by atoms with Crippen LogP contribution in [0.25, 0.3) is 0 Å². The molecule has 204 valence electrons. The van der Waals surface area contributed by atoms with Gasteiger partial charge in [0.15, 0.2) is 17.2 Å². The van der Waals surface area contributed by atoms with Crippen molar-refractivity contribution in [1.82, 2.24) is 9.88 Å². The van der Waals surface area contributed by atoms with Crippen LogP contribution >= 0.6 is 0 Å². The normalized spacial score (nSPS) is 24.8. The van der Waals surface area contributed by atoms with Crippen LogP contribution in [0.15, 0.2) is 30.5 Å². The van der Waals surface area contributed by atoms with Gasteiger partial charge in [-0.05, 0) is 39.2 Å². The van der Waals surface area contributed by atoms with E-state index in [2.05, 4.69) is 10.3 Å². The molecule has 1 saturated heterocycles. The van der Waals surface area contributed by atoms with Gasteiger partial charge in [-0.2, -0.15) is 17.6 Å². The molecule has 0 unspecified atom stereocenters. The predicted molar refractivity (Wildman–Crippen MR) is 125 cm³/mol. The standard InChI is InChI=1S/C25H30F5N3O4/c1-13-19(15-7-8-16(26)20(27)21(15)36-6)22(37-24(13,2)25(28,29)30)23(34)32-14-9-10-31-17(11-14)18(12-35-5)33(3)4/h7-11,13,18-19,22H,12H2,1-6H3,(H,31,32,34)/t13-,18-,19-,22+,24+/m0/s1. The zero-order valence-corrected chi connectivity index (χ0v) is 21.3. The maximum atomic E-state index is 14.5. The highest BCUT2D eigenvalue weighted by Crippen LogP contribution is 2.55. The van der Waals surface area contributed by atoms with Gasteiger partial charge in [-0.25, -0.2) is 4.39 Å². The number of carbonyl (C=O) groups excluding carboxylic acids is 1. The Hall–Kier alpha value is -2.83. The number of carbonyl (C=O) groups is 1. The number of ether oxygens (including phenoxy) is 3. The molecule has 0 spiro atoms. The minimum atomic E-state index is -4.85. The maximum Gasteiger partial charge on any atom is 0.417 e. The van der Waals surface area contributed by atoms with E-state index in [1.54, 1.807) is 6.07 Å². The first kappa shape index (κ1) is 28.7. The number of halogens is 5. The molecule has 0 radical (unpaired) electrons. The molecule has 0 aliphatic carbocycles. The smallest absolute Gasteiger partial charge is 0.417 e. The van der Waals surface area contributed by atoms with Crippen LogP contribution in [0.3, 0.4) is 0 Å². The number of pyridine rings is 1. The van der Waals surface area contributed by atoms with E-state index in [1.807, 2.05) is 19.0 Å². The summed E-state index contributed by atoms with van der Waals surface area (Å²) in [7, 11) is 6.24. The number of anilines is 1. The van der Waals surface area contributed by atoms with E-state index in [4.69, 9.17) is 14.2 Å². The van der Waals surface area contributed by atoms with Crippen molar-refractivity contribution >= 4 is 11.6 Å². The molecular formula is C25H30F5N3O4. The van der Waals surface area contributed by atoms with Crippen LogP contribution < -0.4 is 10.1 Å². The zero-order chi connectivity index (χ0) is 27.7. The van der Waals surface area contributed by atoms with E-state index in [0.717, 1.165) is 26.2 Å². The molecule has 1 N–H and O–H groups in total. The molecule has 1 fully saturated rings. The third kappa shape index (κ3) is 5.41. The molecule has 12 heteroatoms. The number of alkyl halides is 3. The van der Waals surface area contributed by atoms with Crippen molar-refractivity contribution in [3.63, 3.8) is 0 Å². The van der Waals surface area contributed by atoms with Crippen molar-refractivity contribution in [1.29, 1.82) is 0 Å². The number of hydrogen-bond donors (Lipinski definition) is 1. The van der Waals surface area contributed by atoms with Crippen LogP contribution in [0.2, 0.25) is 0 Å². The van der Waals surface area contributed by atoms with Gasteiger partial charge in [-0.15, -0.1) is 0 Å². The van der Waals surface area contributed by atoms with Crippen LogP contribution in [0, 0.1) is 17.6 Å². The number of hydrogen-bond acceptors (Lipinski definition) is 6. The van der Waals surface area contributed by atoms with Crippen molar-refractivity contribution in [3.05, 3.63) is 53.4 Å². The van der Waals surface area contributed by atoms with E-state index >= 15 is 0 Å². The molecule has 1 amide bonds. The molecule has 37 heavy (non-hydrogen) atoms. The van der Waals surface area contributed by atoms with E-state index in [-0.39, 0.29) is 17.3 Å². The fraction of sp³-hybridized carbons (Fsp3) is 0.520. The van der Waals surface area contributed by atoms with Gasteiger partial charge < -0.3 is 19.5 Å². The number of nitrogens with zero attached hydrogens (tertiary/aromatic N) is 2. The van der Waals surface area contributed by atoms with Crippen LogP contribution in [0.5, 0.6) is 5.75 Å². The lowest BCUT2D eigenvalue weighted by Gasteiger charge is -2.32. The Kier molecular flexibility index (Phi) is 8.45. The van der Waals surface area contributed by atoms with Gasteiger partial charge in [0.05, 0.1) is 25.5 Å².